The van der Waals surface area contributed by atoms with Gasteiger partial charge in [-0.15, -0.1) is 15.8 Å². The van der Waals surface area contributed by atoms with Gasteiger partial charge in [0.2, 0.25) is 0 Å². The first kappa shape index (κ1) is 11.7. The normalized spacial score (nSPS) is 10.6. The third-order valence-electron chi connectivity index (χ3n) is 2.97. The highest BCUT2D eigenvalue weighted by molar-refractivity contribution is 9.25. The summed E-state index contributed by atoms with van der Waals surface area (Å²) in [6, 6.07) is 15.2. The van der Waals surface area contributed by atoms with Crippen molar-refractivity contribution in [3.8, 4) is 0 Å². The molecule has 2 aromatic carbocycles. The summed E-state index contributed by atoms with van der Waals surface area (Å²) in [6.45, 7) is 2.24. The first-order valence-electron chi connectivity index (χ1n) is 5.94. The molecule has 2 aromatic rings. The molecule has 0 saturated carbocycles. The van der Waals surface area contributed by atoms with E-state index < -0.39 is 0 Å². The fourth-order valence-corrected chi connectivity index (χ4v) is 2.79. The summed E-state index contributed by atoms with van der Waals surface area (Å²) in [6.07, 6.45) is 3.75. The molecule has 0 amide bonds. The molecule has 0 aliphatic rings. The van der Waals surface area contributed by atoms with E-state index in [0.29, 0.717) is 5.54 Å². The van der Waals surface area contributed by atoms with Gasteiger partial charge in [0.15, 0.2) is 0 Å². The highest BCUT2D eigenvalue weighted by Crippen LogP contribution is 2.16. The topological polar surface area (TPSA) is 0 Å². The van der Waals surface area contributed by atoms with Crippen molar-refractivity contribution in [1.29, 1.82) is 0 Å². The first-order valence-corrected chi connectivity index (χ1v) is 6.86. The highest BCUT2D eigenvalue weighted by Gasteiger charge is 2.14. The van der Waals surface area contributed by atoms with Gasteiger partial charge in [-0.25, -0.2) is 0 Å². The maximum Gasteiger partial charge on any atom is 0.255 e. The molecule has 16 heavy (non-hydrogen) atoms. The largest absolute Gasteiger partial charge is 0.255 e. The molecule has 0 unspecified atom stereocenters. The Hall–Kier alpha value is -0.755. The first-order chi connectivity index (χ1) is 7.83. The Bertz CT molecular complexity index is 462. The minimum Gasteiger partial charge on any atom is -0.150 e. The SMILES string of the molecule is CCCCB(Br)c1cccc2ccccc12. The third-order valence-corrected chi connectivity index (χ3v) is 3.92. The van der Waals surface area contributed by atoms with Gasteiger partial charge in [-0.05, 0) is 10.8 Å². The molecule has 2 rings (SSSR count). The lowest BCUT2D eigenvalue weighted by Gasteiger charge is -2.09. The summed E-state index contributed by atoms with van der Waals surface area (Å²) >= 11 is 3.81. The quantitative estimate of drug-likeness (QED) is 0.732. The third kappa shape index (κ3) is 2.49. The van der Waals surface area contributed by atoms with E-state index >= 15 is 0 Å². The van der Waals surface area contributed by atoms with Crippen LogP contribution >= 0.6 is 15.8 Å². The molecule has 2 heteroatoms. The second-order valence-corrected chi connectivity index (χ2v) is 5.28. The van der Waals surface area contributed by atoms with Gasteiger partial charge in [-0.1, -0.05) is 74.0 Å². The van der Waals surface area contributed by atoms with Crippen LogP contribution in [-0.2, 0) is 0 Å². The number of halogens is 1. The van der Waals surface area contributed by atoms with Gasteiger partial charge in [-0.2, -0.15) is 0 Å². The van der Waals surface area contributed by atoms with E-state index in [1.807, 2.05) is 0 Å². The molecule has 0 nitrogen and oxygen atoms in total. The Balaban J connectivity index is 2.36. The number of hydrogen-bond donors (Lipinski definition) is 0. The molecule has 0 aliphatic heterocycles. The summed E-state index contributed by atoms with van der Waals surface area (Å²) in [4.78, 5) is 0. The molecule has 82 valence electrons. The molecule has 0 radical (unpaired) electrons. The van der Waals surface area contributed by atoms with Gasteiger partial charge < -0.3 is 0 Å². The molecule has 0 spiro atoms. The van der Waals surface area contributed by atoms with Crippen molar-refractivity contribution in [1.82, 2.24) is 0 Å². The molecular formula is C14H16BBr. The highest BCUT2D eigenvalue weighted by atomic mass is 79.9. The summed E-state index contributed by atoms with van der Waals surface area (Å²) in [5.74, 6) is 0. The molecule has 0 N–H and O–H groups in total. The Morgan fingerprint density at radius 2 is 1.81 bits per heavy atom. The van der Waals surface area contributed by atoms with Crippen molar-refractivity contribution in [2.45, 2.75) is 26.1 Å². The van der Waals surface area contributed by atoms with Crippen molar-refractivity contribution in [2.24, 2.45) is 0 Å². The fourth-order valence-electron chi connectivity index (χ4n) is 2.06. The van der Waals surface area contributed by atoms with Crippen LogP contribution in [0.25, 0.3) is 10.8 Å². The monoisotopic (exact) mass is 274 g/mol. The maximum atomic E-state index is 3.81. The number of hydrogen-bond acceptors (Lipinski definition) is 0. The van der Waals surface area contributed by atoms with Crippen LogP contribution in [0.3, 0.4) is 0 Å². The van der Waals surface area contributed by atoms with E-state index in [1.165, 1.54) is 35.4 Å². The van der Waals surface area contributed by atoms with Gasteiger partial charge in [0.25, 0.3) is 5.54 Å². The van der Waals surface area contributed by atoms with Gasteiger partial charge in [-0.3, -0.25) is 0 Å². The second kappa shape index (κ2) is 5.54. The molecule has 0 heterocycles. The van der Waals surface area contributed by atoms with E-state index in [0.717, 1.165) is 0 Å². The van der Waals surface area contributed by atoms with Gasteiger partial charge in [0.1, 0.15) is 0 Å². The zero-order chi connectivity index (χ0) is 11.4. The van der Waals surface area contributed by atoms with Crippen LogP contribution in [0, 0.1) is 0 Å². The zero-order valence-corrected chi connectivity index (χ0v) is 11.2. The summed E-state index contributed by atoms with van der Waals surface area (Å²) < 4.78 is 0. The summed E-state index contributed by atoms with van der Waals surface area (Å²) in [5, 5.41) is 2.71. The van der Waals surface area contributed by atoms with Crippen molar-refractivity contribution in [2.75, 3.05) is 0 Å². The lowest BCUT2D eigenvalue weighted by molar-refractivity contribution is 0.880. The molecular weight excluding hydrogens is 259 g/mol. The van der Waals surface area contributed by atoms with Gasteiger partial charge in [0.05, 0.1) is 0 Å². The van der Waals surface area contributed by atoms with Crippen molar-refractivity contribution in [3.05, 3.63) is 42.5 Å². The standard InChI is InChI=1S/C14H16BBr/c1-2-3-11-15(16)14-10-6-8-12-7-4-5-9-13(12)14/h4-10H,2-3,11H2,1H3. The average molecular weight is 275 g/mol. The van der Waals surface area contributed by atoms with E-state index in [4.69, 9.17) is 0 Å². The Morgan fingerprint density at radius 1 is 1.06 bits per heavy atom. The van der Waals surface area contributed by atoms with Crippen molar-refractivity contribution < 1.29 is 0 Å². The number of unbranched alkanes of at least 4 members (excludes halogenated alkanes) is 1. The van der Waals surface area contributed by atoms with E-state index in [1.54, 1.807) is 0 Å². The summed E-state index contributed by atoms with van der Waals surface area (Å²) in [5.41, 5.74) is 1.91. The van der Waals surface area contributed by atoms with Crippen LogP contribution in [0.1, 0.15) is 19.8 Å². The maximum absolute atomic E-state index is 3.81. The average Bonchev–Trinajstić information content (AvgIpc) is 2.35. The molecule has 0 fully saturated rings. The van der Waals surface area contributed by atoms with Crippen molar-refractivity contribution in [3.63, 3.8) is 0 Å². The van der Waals surface area contributed by atoms with Crippen LogP contribution in [-0.4, -0.2) is 5.54 Å². The second-order valence-electron chi connectivity index (χ2n) is 4.18. The van der Waals surface area contributed by atoms with Crippen LogP contribution in [0.5, 0.6) is 0 Å². The van der Waals surface area contributed by atoms with Gasteiger partial charge in [0, 0.05) is 0 Å². The lowest BCUT2D eigenvalue weighted by atomic mass is 9.64. The van der Waals surface area contributed by atoms with E-state index in [2.05, 4.69) is 65.1 Å². The fraction of sp³-hybridized carbons (Fsp3) is 0.286. The molecule has 0 aromatic heterocycles. The van der Waals surface area contributed by atoms with Crippen LogP contribution in [0.15, 0.2) is 42.5 Å². The predicted molar refractivity (Wildman–Crippen MR) is 78.0 cm³/mol. The lowest BCUT2D eigenvalue weighted by Crippen LogP contribution is -2.23. The predicted octanol–water partition coefficient (Wildman–Crippen LogP) is 4.23. The van der Waals surface area contributed by atoms with Crippen LogP contribution in [0.4, 0.5) is 0 Å². The summed E-state index contributed by atoms with van der Waals surface area (Å²) in [7, 11) is 0. The number of benzene rings is 2. The number of fused-ring (bicyclic) bond motifs is 1. The Labute approximate surface area is 106 Å². The minimum absolute atomic E-state index is 0.485. The molecule has 0 aliphatic carbocycles. The molecule has 0 saturated heterocycles. The molecule has 0 bridgehead atoms. The zero-order valence-electron chi connectivity index (χ0n) is 9.62. The molecule has 0 atom stereocenters. The number of rotatable bonds is 4. The van der Waals surface area contributed by atoms with Gasteiger partial charge >= 0.3 is 0 Å². The smallest absolute Gasteiger partial charge is 0.150 e. The van der Waals surface area contributed by atoms with Crippen LogP contribution in [0.2, 0.25) is 6.32 Å². The van der Waals surface area contributed by atoms with Crippen LogP contribution < -0.4 is 5.46 Å². The van der Waals surface area contributed by atoms with E-state index in [-0.39, 0.29) is 0 Å². The minimum atomic E-state index is 0.485. The Kier molecular flexibility index (Phi) is 4.06. The Morgan fingerprint density at radius 3 is 2.62 bits per heavy atom. The van der Waals surface area contributed by atoms with E-state index in [9.17, 15) is 0 Å². The van der Waals surface area contributed by atoms with Crippen molar-refractivity contribution >= 4 is 37.5 Å².